The average molecular weight is 289 g/mol. The number of anilines is 1. The standard InChI is InChI=1S/C10H12INO/c1-2-8-6-12-9-5-7(11)3-4-10(9)13-8/h3-5,8,12H,2,6H2,1H3/t8-/m0/s1. The summed E-state index contributed by atoms with van der Waals surface area (Å²) in [6.45, 7) is 3.06. The average Bonchev–Trinajstić information content (AvgIpc) is 2.17. The number of rotatable bonds is 1. The van der Waals surface area contributed by atoms with Crippen LogP contribution in [-0.4, -0.2) is 12.6 Å². The molecular weight excluding hydrogens is 277 g/mol. The Balaban J connectivity index is 2.26. The van der Waals surface area contributed by atoms with E-state index in [0.29, 0.717) is 6.10 Å². The van der Waals surface area contributed by atoms with Gasteiger partial charge in [-0.05, 0) is 47.2 Å². The Kier molecular flexibility index (Phi) is 2.62. The minimum atomic E-state index is 0.326. The molecule has 1 aromatic rings. The zero-order valence-corrected chi connectivity index (χ0v) is 9.67. The van der Waals surface area contributed by atoms with Gasteiger partial charge in [-0.1, -0.05) is 6.92 Å². The summed E-state index contributed by atoms with van der Waals surface area (Å²) in [4.78, 5) is 0. The number of benzene rings is 1. The molecule has 0 aromatic heterocycles. The molecule has 3 heteroatoms. The van der Waals surface area contributed by atoms with Gasteiger partial charge in [0.15, 0.2) is 0 Å². The van der Waals surface area contributed by atoms with Crippen LogP contribution in [0.2, 0.25) is 0 Å². The highest BCUT2D eigenvalue weighted by Crippen LogP contribution is 2.30. The Morgan fingerprint density at radius 2 is 2.46 bits per heavy atom. The fourth-order valence-corrected chi connectivity index (χ4v) is 1.91. The normalized spacial score (nSPS) is 20.0. The second-order valence-corrected chi connectivity index (χ2v) is 4.42. The summed E-state index contributed by atoms with van der Waals surface area (Å²) in [6, 6.07) is 6.22. The SMILES string of the molecule is CC[C@H]1CNc2cc(I)ccc2O1. The number of hydrogen-bond donors (Lipinski definition) is 1. The van der Waals surface area contributed by atoms with Crippen LogP contribution in [-0.2, 0) is 0 Å². The summed E-state index contributed by atoms with van der Waals surface area (Å²) in [5.74, 6) is 0.985. The fraction of sp³-hybridized carbons (Fsp3) is 0.400. The van der Waals surface area contributed by atoms with Gasteiger partial charge in [-0.3, -0.25) is 0 Å². The molecule has 0 spiro atoms. The number of fused-ring (bicyclic) bond motifs is 1. The smallest absolute Gasteiger partial charge is 0.142 e. The quantitative estimate of drug-likeness (QED) is 0.803. The topological polar surface area (TPSA) is 21.3 Å². The first-order valence-electron chi connectivity index (χ1n) is 4.49. The van der Waals surface area contributed by atoms with Crippen LogP contribution < -0.4 is 10.1 Å². The number of halogens is 1. The summed E-state index contributed by atoms with van der Waals surface area (Å²) < 4.78 is 7.01. The van der Waals surface area contributed by atoms with Crippen molar-refractivity contribution < 1.29 is 4.74 Å². The molecule has 1 aromatic carbocycles. The van der Waals surface area contributed by atoms with Crippen molar-refractivity contribution in [1.82, 2.24) is 0 Å². The Hall–Kier alpha value is -0.450. The van der Waals surface area contributed by atoms with E-state index in [1.165, 1.54) is 3.57 Å². The molecule has 1 aliphatic heterocycles. The molecule has 0 amide bonds. The summed E-state index contributed by atoms with van der Waals surface area (Å²) in [7, 11) is 0. The molecular formula is C10H12INO. The van der Waals surface area contributed by atoms with Crippen LogP contribution in [0.25, 0.3) is 0 Å². The third kappa shape index (κ3) is 1.90. The Bertz CT molecular complexity index is 314. The van der Waals surface area contributed by atoms with E-state index in [4.69, 9.17) is 4.74 Å². The van der Waals surface area contributed by atoms with Gasteiger partial charge in [0, 0.05) is 3.57 Å². The van der Waals surface area contributed by atoms with Gasteiger partial charge in [-0.25, -0.2) is 0 Å². The van der Waals surface area contributed by atoms with Gasteiger partial charge >= 0.3 is 0 Å². The van der Waals surface area contributed by atoms with Crippen LogP contribution in [0.1, 0.15) is 13.3 Å². The predicted octanol–water partition coefficient (Wildman–Crippen LogP) is 2.87. The first-order valence-corrected chi connectivity index (χ1v) is 5.57. The maximum absolute atomic E-state index is 5.77. The summed E-state index contributed by atoms with van der Waals surface area (Å²) in [6.07, 6.45) is 1.38. The second-order valence-electron chi connectivity index (χ2n) is 3.17. The van der Waals surface area contributed by atoms with E-state index in [-0.39, 0.29) is 0 Å². The molecule has 1 heterocycles. The van der Waals surface area contributed by atoms with Crippen molar-refractivity contribution in [2.24, 2.45) is 0 Å². The minimum Gasteiger partial charge on any atom is -0.486 e. The lowest BCUT2D eigenvalue weighted by atomic mass is 10.2. The molecule has 13 heavy (non-hydrogen) atoms. The lowest BCUT2D eigenvalue weighted by Crippen LogP contribution is -2.29. The monoisotopic (exact) mass is 289 g/mol. The molecule has 70 valence electrons. The van der Waals surface area contributed by atoms with Gasteiger partial charge in [0.05, 0.1) is 12.2 Å². The minimum absolute atomic E-state index is 0.326. The van der Waals surface area contributed by atoms with Crippen molar-refractivity contribution >= 4 is 28.3 Å². The molecule has 2 nitrogen and oxygen atoms in total. The third-order valence-corrected chi connectivity index (χ3v) is 2.88. The molecule has 0 saturated carbocycles. The first kappa shape index (κ1) is 9.12. The van der Waals surface area contributed by atoms with Crippen LogP contribution in [0.4, 0.5) is 5.69 Å². The molecule has 0 radical (unpaired) electrons. The first-order chi connectivity index (χ1) is 6.29. The Labute approximate surface area is 91.8 Å². The van der Waals surface area contributed by atoms with E-state index in [2.05, 4.69) is 47.0 Å². The van der Waals surface area contributed by atoms with Gasteiger partial charge < -0.3 is 10.1 Å². The molecule has 1 N–H and O–H groups in total. The molecule has 1 aliphatic rings. The van der Waals surface area contributed by atoms with Crippen molar-refractivity contribution in [3.8, 4) is 5.75 Å². The predicted molar refractivity (Wildman–Crippen MR) is 62.4 cm³/mol. The summed E-state index contributed by atoms with van der Waals surface area (Å²) in [5.41, 5.74) is 1.12. The van der Waals surface area contributed by atoms with E-state index >= 15 is 0 Å². The van der Waals surface area contributed by atoms with Crippen molar-refractivity contribution in [1.29, 1.82) is 0 Å². The maximum Gasteiger partial charge on any atom is 0.142 e. The highest BCUT2D eigenvalue weighted by Gasteiger charge is 2.16. The lowest BCUT2D eigenvalue weighted by molar-refractivity contribution is 0.202. The van der Waals surface area contributed by atoms with Crippen LogP contribution in [0.3, 0.4) is 0 Å². The van der Waals surface area contributed by atoms with Gasteiger partial charge in [-0.2, -0.15) is 0 Å². The maximum atomic E-state index is 5.77. The summed E-state index contributed by atoms with van der Waals surface area (Å²) in [5, 5.41) is 3.37. The Morgan fingerprint density at radius 1 is 1.62 bits per heavy atom. The fourth-order valence-electron chi connectivity index (χ4n) is 1.42. The number of ether oxygens (including phenoxy) is 1. The van der Waals surface area contributed by atoms with Crippen LogP contribution in [0, 0.1) is 3.57 Å². The van der Waals surface area contributed by atoms with Crippen LogP contribution in [0.15, 0.2) is 18.2 Å². The second kappa shape index (κ2) is 3.74. The number of nitrogens with one attached hydrogen (secondary N) is 1. The van der Waals surface area contributed by atoms with E-state index in [1.54, 1.807) is 0 Å². The highest BCUT2D eigenvalue weighted by molar-refractivity contribution is 14.1. The van der Waals surface area contributed by atoms with Crippen molar-refractivity contribution in [2.45, 2.75) is 19.4 Å². The highest BCUT2D eigenvalue weighted by atomic mass is 127. The lowest BCUT2D eigenvalue weighted by Gasteiger charge is -2.26. The molecule has 1 atom stereocenters. The zero-order chi connectivity index (χ0) is 9.26. The van der Waals surface area contributed by atoms with Gasteiger partial charge in [0.2, 0.25) is 0 Å². The van der Waals surface area contributed by atoms with E-state index in [1.807, 2.05) is 6.07 Å². The Morgan fingerprint density at radius 3 is 3.23 bits per heavy atom. The zero-order valence-electron chi connectivity index (χ0n) is 7.51. The summed E-state index contributed by atoms with van der Waals surface area (Å²) >= 11 is 2.30. The van der Waals surface area contributed by atoms with E-state index < -0.39 is 0 Å². The van der Waals surface area contributed by atoms with Gasteiger partial charge in [0.25, 0.3) is 0 Å². The molecule has 2 rings (SSSR count). The van der Waals surface area contributed by atoms with Crippen molar-refractivity contribution in [3.05, 3.63) is 21.8 Å². The van der Waals surface area contributed by atoms with Crippen molar-refractivity contribution in [2.75, 3.05) is 11.9 Å². The van der Waals surface area contributed by atoms with Crippen LogP contribution >= 0.6 is 22.6 Å². The van der Waals surface area contributed by atoms with Gasteiger partial charge in [0.1, 0.15) is 11.9 Å². The molecule has 0 fully saturated rings. The molecule has 0 unspecified atom stereocenters. The van der Waals surface area contributed by atoms with E-state index in [0.717, 1.165) is 24.4 Å². The van der Waals surface area contributed by atoms with Gasteiger partial charge in [-0.15, -0.1) is 0 Å². The molecule has 0 aliphatic carbocycles. The largest absolute Gasteiger partial charge is 0.486 e. The van der Waals surface area contributed by atoms with Crippen LogP contribution in [0.5, 0.6) is 5.75 Å². The molecule has 0 bridgehead atoms. The number of hydrogen-bond acceptors (Lipinski definition) is 2. The van der Waals surface area contributed by atoms with E-state index in [9.17, 15) is 0 Å². The van der Waals surface area contributed by atoms with Crippen molar-refractivity contribution in [3.63, 3.8) is 0 Å². The molecule has 0 saturated heterocycles. The third-order valence-electron chi connectivity index (χ3n) is 2.21.